The van der Waals surface area contributed by atoms with E-state index in [1.54, 1.807) is 18.3 Å². The van der Waals surface area contributed by atoms with E-state index in [9.17, 15) is 9.59 Å². The average Bonchev–Trinajstić information content (AvgIpc) is 3.25. The Bertz CT molecular complexity index is 909. The number of carbonyl (C=O) groups excluding carboxylic acids is 2. The summed E-state index contributed by atoms with van der Waals surface area (Å²) in [7, 11) is 0. The first-order chi connectivity index (χ1) is 14.2. The quantitative estimate of drug-likeness (QED) is 0.830. The number of nitrogens with zero attached hydrogens (tertiary/aromatic N) is 3. The highest BCUT2D eigenvalue weighted by molar-refractivity contribution is 5.98. The second-order valence-electron chi connectivity index (χ2n) is 6.97. The lowest BCUT2D eigenvalue weighted by atomic mass is 10.1. The molecule has 8 heteroatoms. The molecule has 1 aromatic heterocycles. The number of piperazine rings is 1. The molecular weight excluding hydrogens is 372 g/mol. The van der Waals surface area contributed by atoms with E-state index < -0.39 is 0 Å². The van der Waals surface area contributed by atoms with Gasteiger partial charge in [0.1, 0.15) is 5.82 Å². The summed E-state index contributed by atoms with van der Waals surface area (Å²) in [5.74, 6) is 2.04. The van der Waals surface area contributed by atoms with Crippen LogP contribution in [0, 0.1) is 0 Å². The molecule has 2 aromatic rings. The number of aromatic nitrogens is 1. The number of anilines is 1. The Morgan fingerprint density at radius 1 is 1.10 bits per heavy atom. The van der Waals surface area contributed by atoms with E-state index in [2.05, 4.69) is 15.2 Å². The topological polar surface area (TPSA) is 84.0 Å². The Labute approximate surface area is 169 Å². The van der Waals surface area contributed by atoms with E-state index in [4.69, 9.17) is 9.47 Å². The van der Waals surface area contributed by atoms with Gasteiger partial charge in [-0.15, -0.1) is 0 Å². The minimum absolute atomic E-state index is 0.160. The number of ether oxygens (including phenoxy) is 2. The summed E-state index contributed by atoms with van der Waals surface area (Å²) in [6, 6.07) is 9.16. The van der Waals surface area contributed by atoms with Gasteiger partial charge in [0.05, 0.1) is 5.56 Å². The summed E-state index contributed by atoms with van der Waals surface area (Å²) in [6.07, 6.45) is 2.20. The number of carbonyl (C=O) groups is 2. The molecule has 2 aliphatic rings. The predicted octanol–water partition coefficient (Wildman–Crippen LogP) is 1.80. The Kier molecular flexibility index (Phi) is 5.50. The van der Waals surface area contributed by atoms with Crippen molar-refractivity contribution < 1.29 is 19.1 Å². The van der Waals surface area contributed by atoms with Gasteiger partial charge in [-0.25, -0.2) is 4.98 Å². The number of rotatable bonds is 5. The minimum Gasteiger partial charge on any atom is -0.454 e. The fourth-order valence-corrected chi connectivity index (χ4v) is 3.55. The molecule has 0 unspecified atom stereocenters. The van der Waals surface area contributed by atoms with Crippen molar-refractivity contribution >= 4 is 17.6 Å². The second kappa shape index (κ2) is 8.38. The molecule has 0 aliphatic carbocycles. The lowest BCUT2D eigenvalue weighted by molar-refractivity contribution is -0.131. The minimum atomic E-state index is -0.183. The maximum atomic E-state index is 12.8. The summed E-state index contributed by atoms with van der Waals surface area (Å²) in [5.41, 5.74) is 1.46. The summed E-state index contributed by atoms with van der Waals surface area (Å²) in [5, 5.41) is 2.96. The van der Waals surface area contributed by atoms with Crippen molar-refractivity contribution in [1.82, 2.24) is 15.2 Å². The first-order valence-corrected chi connectivity index (χ1v) is 9.80. The van der Waals surface area contributed by atoms with Gasteiger partial charge in [-0.05, 0) is 29.8 Å². The van der Waals surface area contributed by atoms with E-state index in [1.807, 2.05) is 30.0 Å². The molecule has 4 rings (SSSR count). The summed E-state index contributed by atoms with van der Waals surface area (Å²) in [4.78, 5) is 33.1. The largest absolute Gasteiger partial charge is 0.454 e. The second-order valence-corrected chi connectivity index (χ2v) is 6.97. The monoisotopic (exact) mass is 396 g/mol. The van der Waals surface area contributed by atoms with Crippen LogP contribution in [0.25, 0.3) is 0 Å². The van der Waals surface area contributed by atoms with Crippen molar-refractivity contribution in [3.63, 3.8) is 0 Å². The van der Waals surface area contributed by atoms with Crippen LogP contribution in [0.4, 0.5) is 5.82 Å². The molecule has 1 fully saturated rings. The van der Waals surface area contributed by atoms with E-state index in [1.165, 1.54) is 0 Å². The number of nitrogens with one attached hydrogen (secondary N) is 1. The zero-order chi connectivity index (χ0) is 20.2. The van der Waals surface area contributed by atoms with Crippen molar-refractivity contribution in [3.8, 4) is 11.5 Å². The van der Waals surface area contributed by atoms with Crippen LogP contribution in [-0.2, 0) is 11.3 Å². The maximum Gasteiger partial charge on any atom is 0.255 e. The molecule has 29 heavy (non-hydrogen) atoms. The normalized spacial score (nSPS) is 15.3. The van der Waals surface area contributed by atoms with Gasteiger partial charge in [0.25, 0.3) is 5.91 Å². The Morgan fingerprint density at radius 3 is 2.69 bits per heavy atom. The molecule has 0 atom stereocenters. The number of hydrogen-bond acceptors (Lipinski definition) is 6. The summed E-state index contributed by atoms with van der Waals surface area (Å²) < 4.78 is 10.7. The summed E-state index contributed by atoms with van der Waals surface area (Å²) >= 11 is 0. The molecule has 8 nitrogen and oxygen atoms in total. The standard InChI is InChI=1S/C21H24N4O4/c1-2-19(26)24-8-10-25(11-9-24)20-16(4-3-7-22-20)21(27)23-13-15-5-6-17-18(12-15)29-14-28-17/h3-7,12H,2,8-11,13-14H2,1H3,(H,23,27). The lowest BCUT2D eigenvalue weighted by Gasteiger charge is -2.36. The Morgan fingerprint density at radius 2 is 1.90 bits per heavy atom. The van der Waals surface area contributed by atoms with Crippen molar-refractivity contribution in [2.75, 3.05) is 37.9 Å². The SMILES string of the molecule is CCC(=O)N1CCN(c2ncccc2C(=O)NCc2ccc3c(c2)OCO3)CC1. The molecular formula is C21H24N4O4. The first-order valence-electron chi connectivity index (χ1n) is 9.80. The number of hydrogen-bond donors (Lipinski definition) is 1. The van der Waals surface area contributed by atoms with Crippen LogP contribution in [0.3, 0.4) is 0 Å². The van der Waals surface area contributed by atoms with Crippen LogP contribution in [0.1, 0.15) is 29.3 Å². The molecule has 3 heterocycles. The average molecular weight is 396 g/mol. The third-order valence-electron chi connectivity index (χ3n) is 5.16. The van der Waals surface area contributed by atoms with Gasteiger partial charge >= 0.3 is 0 Å². The number of fused-ring (bicyclic) bond motifs is 1. The summed E-state index contributed by atoms with van der Waals surface area (Å²) in [6.45, 7) is 5.07. The van der Waals surface area contributed by atoms with Crippen LogP contribution >= 0.6 is 0 Å². The molecule has 1 N–H and O–H groups in total. The maximum absolute atomic E-state index is 12.8. The highest BCUT2D eigenvalue weighted by Crippen LogP contribution is 2.32. The van der Waals surface area contributed by atoms with Gasteiger partial charge in [0, 0.05) is 45.3 Å². The molecule has 0 saturated carbocycles. The van der Waals surface area contributed by atoms with Crippen LogP contribution in [0.2, 0.25) is 0 Å². The highest BCUT2D eigenvalue weighted by Gasteiger charge is 2.24. The van der Waals surface area contributed by atoms with Crippen molar-refractivity contribution in [1.29, 1.82) is 0 Å². The number of benzene rings is 1. The molecule has 2 aliphatic heterocycles. The number of amides is 2. The fourth-order valence-electron chi connectivity index (χ4n) is 3.55. The molecule has 2 amide bonds. The fraction of sp³-hybridized carbons (Fsp3) is 0.381. The molecule has 0 spiro atoms. The van der Waals surface area contributed by atoms with Gasteiger partial charge in [-0.1, -0.05) is 13.0 Å². The highest BCUT2D eigenvalue weighted by atomic mass is 16.7. The predicted molar refractivity (Wildman–Crippen MR) is 107 cm³/mol. The molecule has 0 radical (unpaired) electrons. The number of pyridine rings is 1. The van der Waals surface area contributed by atoms with Gasteiger partial charge in [0.15, 0.2) is 11.5 Å². The van der Waals surface area contributed by atoms with E-state index in [-0.39, 0.29) is 18.6 Å². The first kappa shape index (κ1) is 19.0. The third kappa shape index (κ3) is 4.11. The van der Waals surface area contributed by atoms with E-state index in [0.717, 1.165) is 11.3 Å². The van der Waals surface area contributed by atoms with E-state index in [0.29, 0.717) is 56.3 Å². The zero-order valence-corrected chi connectivity index (χ0v) is 16.4. The Balaban J connectivity index is 1.41. The third-order valence-corrected chi connectivity index (χ3v) is 5.16. The van der Waals surface area contributed by atoms with Crippen LogP contribution < -0.4 is 19.7 Å². The van der Waals surface area contributed by atoms with Gasteiger partial charge in [0.2, 0.25) is 12.7 Å². The van der Waals surface area contributed by atoms with Crippen LogP contribution in [0.15, 0.2) is 36.5 Å². The van der Waals surface area contributed by atoms with Gasteiger partial charge in [-0.2, -0.15) is 0 Å². The van der Waals surface area contributed by atoms with Gasteiger partial charge in [-0.3, -0.25) is 9.59 Å². The smallest absolute Gasteiger partial charge is 0.255 e. The van der Waals surface area contributed by atoms with E-state index >= 15 is 0 Å². The lowest BCUT2D eigenvalue weighted by Crippen LogP contribution is -2.49. The molecule has 0 bridgehead atoms. The molecule has 152 valence electrons. The van der Waals surface area contributed by atoms with Crippen molar-refractivity contribution in [2.24, 2.45) is 0 Å². The Hall–Kier alpha value is -3.29. The van der Waals surface area contributed by atoms with Crippen molar-refractivity contribution in [2.45, 2.75) is 19.9 Å². The van der Waals surface area contributed by atoms with Crippen LogP contribution in [0.5, 0.6) is 11.5 Å². The molecule has 1 aromatic carbocycles. The van der Waals surface area contributed by atoms with Gasteiger partial charge < -0.3 is 24.6 Å². The van der Waals surface area contributed by atoms with Crippen LogP contribution in [-0.4, -0.2) is 54.7 Å². The molecule has 1 saturated heterocycles. The van der Waals surface area contributed by atoms with Crippen molar-refractivity contribution in [3.05, 3.63) is 47.7 Å². The zero-order valence-electron chi connectivity index (χ0n) is 16.4.